The first-order valence-electron chi connectivity index (χ1n) is 11.5. The van der Waals surface area contributed by atoms with E-state index >= 15 is 0 Å². The molecule has 1 aliphatic rings. The third-order valence-electron chi connectivity index (χ3n) is 6.55. The molecule has 1 aromatic heterocycles. The quantitative estimate of drug-likeness (QED) is 0.530. The number of aryl methyl sites for hydroxylation is 1. The van der Waals surface area contributed by atoms with E-state index in [1.807, 2.05) is 36.7 Å². The molecule has 0 spiro atoms. The molecule has 0 amide bonds. The fourth-order valence-electron chi connectivity index (χ4n) is 4.75. The molecule has 2 heterocycles. The van der Waals surface area contributed by atoms with E-state index in [1.54, 1.807) is 7.11 Å². The average Bonchev–Trinajstić information content (AvgIpc) is 2.85. The molecule has 1 fully saturated rings. The summed E-state index contributed by atoms with van der Waals surface area (Å²) in [4.78, 5) is 11.6. The molecule has 168 valence electrons. The van der Waals surface area contributed by atoms with Gasteiger partial charge < -0.3 is 9.84 Å². The number of likely N-dealkylation sites (tertiary alicyclic amines) is 1. The van der Waals surface area contributed by atoms with E-state index in [1.165, 1.54) is 5.56 Å². The molecule has 1 N–H and O–H groups in total. The van der Waals surface area contributed by atoms with Crippen LogP contribution in [0.5, 0.6) is 5.75 Å². The van der Waals surface area contributed by atoms with E-state index in [4.69, 9.17) is 4.74 Å². The summed E-state index contributed by atoms with van der Waals surface area (Å²) in [5, 5.41) is 10.3. The summed E-state index contributed by atoms with van der Waals surface area (Å²) in [6, 6.07) is 18.4. The van der Waals surface area contributed by atoms with E-state index in [0.717, 1.165) is 74.4 Å². The number of benzene rings is 2. The minimum atomic E-state index is -0.00305. The van der Waals surface area contributed by atoms with Crippen LogP contribution in [0.25, 0.3) is 11.4 Å². The molecule has 1 saturated heterocycles. The lowest BCUT2D eigenvalue weighted by Crippen LogP contribution is -2.45. The van der Waals surface area contributed by atoms with Crippen LogP contribution in [0.3, 0.4) is 0 Å². The monoisotopic (exact) mass is 431 g/mol. The third kappa shape index (κ3) is 5.72. The van der Waals surface area contributed by atoms with Crippen molar-refractivity contribution in [3.8, 4) is 17.1 Å². The Hall–Kier alpha value is -2.76. The topological polar surface area (TPSA) is 58.5 Å². The van der Waals surface area contributed by atoms with Gasteiger partial charge in [0.1, 0.15) is 5.75 Å². The Balaban J connectivity index is 1.34. The summed E-state index contributed by atoms with van der Waals surface area (Å²) in [5.41, 5.74) is 3.47. The number of aromatic nitrogens is 2. The van der Waals surface area contributed by atoms with Gasteiger partial charge >= 0.3 is 0 Å². The Morgan fingerprint density at radius 2 is 1.75 bits per heavy atom. The molecule has 0 radical (unpaired) electrons. The van der Waals surface area contributed by atoms with Crippen LogP contribution in [0.1, 0.15) is 36.8 Å². The number of hydrogen-bond acceptors (Lipinski definition) is 5. The van der Waals surface area contributed by atoms with Crippen molar-refractivity contribution in [2.75, 3.05) is 26.8 Å². The maximum Gasteiger partial charge on any atom is 0.159 e. The second-order valence-electron chi connectivity index (χ2n) is 8.95. The van der Waals surface area contributed by atoms with Gasteiger partial charge in [0.05, 0.1) is 7.11 Å². The van der Waals surface area contributed by atoms with Crippen molar-refractivity contribution in [1.82, 2.24) is 14.9 Å². The molecule has 0 aliphatic carbocycles. The van der Waals surface area contributed by atoms with Crippen LogP contribution in [-0.2, 0) is 13.0 Å². The fraction of sp³-hybridized carbons (Fsp3) is 0.407. The largest absolute Gasteiger partial charge is 0.497 e. The van der Waals surface area contributed by atoms with Crippen molar-refractivity contribution in [3.05, 3.63) is 78.1 Å². The van der Waals surface area contributed by atoms with E-state index in [0.29, 0.717) is 0 Å². The molecule has 32 heavy (non-hydrogen) atoms. The minimum absolute atomic E-state index is 0.00305. The van der Waals surface area contributed by atoms with Gasteiger partial charge in [-0.1, -0.05) is 30.3 Å². The van der Waals surface area contributed by atoms with Crippen molar-refractivity contribution in [1.29, 1.82) is 0 Å². The molecule has 4 rings (SSSR count). The molecule has 1 atom stereocenters. The minimum Gasteiger partial charge on any atom is -0.497 e. The maximum absolute atomic E-state index is 10.3. The molecule has 1 unspecified atom stereocenters. The van der Waals surface area contributed by atoms with E-state index in [-0.39, 0.29) is 12.0 Å². The number of methoxy groups -OCH3 is 1. The Labute approximate surface area is 191 Å². The Kier molecular flexibility index (Phi) is 7.51. The zero-order valence-corrected chi connectivity index (χ0v) is 18.9. The summed E-state index contributed by atoms with van der Waals surface area (Å²) in [6.07, 6.45) is 9.32. The molecule has 3 aromatic rings. The SMILES string of the molecule is COc1ccc(-c2ncc(CN3CCCC(CO)(CCCc4ccccc4)C3)cn2)cc1. The number of nitrogens with zero attached hydrogens (tertiary/aromatic N) is 3. The highest BCUT2D eigenvalue weighted by Gasteiger charge is 2.34. The van der Waals surface area contributed by atoms with Crippen LogP contribution in [0, 0.1) is 5.41 Å². The molecular formula is C27H33N3O2. The highest BCUT2D eigenvalue weighted by Crippen LogP contribution is 2.35. The van der Waals surface area contributed by atoms with Crippen molar-refractivity contribution in [3.63, 3.8) is 0 Å². The first-order valence-corrected chi connectivity index (χ1v) is 11.5. The van der Waals surface area contributed by atoms with Gasteiger partial charge in [-0.15, -0.1) is 0 Å². The first kappa shape index (κ1) is 22.4. The van der Waals surface area contributed by atoms with Crippen molar-refractivity contribution in [2.45, 2.75) is 38.6 Å². The van der Waals surface area contributed by atoms with Crippen LogP contribution >= 0.6 is 0 Å². The van der Waals surface area contributed by atoms with Gasteiger partial charge in [0.25, 0.3) is 0 Å². The molecule has 2 aromatic carbocycles. The van der Waals surface area contributed by atoms with Crippen LogP contribution in [0.15, 0.2) is 67.0 Å². The standard InChI is InChI=1S/C27H33N3O2/c1-32-25-12-10-24(11-13-25)26-28-17-23(18-29-26)19-30-16-6-15-27(20-30,21-31)14-5-9-22-7-3-2-4-8-22/h2-4,7-8,10-13,17-18,31H,5-6,9,14-16,19-21H2,1H3. The predicted octanol–water partition coefficient (Wildman–Crippen LogP) is 4.75. The second kappa shape index (κ2) is 10.7. The number of aliphatic hydroxyl groups is 1. The van der Waals surface area contributed by atoms with Gasteiger partial charge in [-0.05, 0) is 68.5 Å². The zero-order chi connectivity index (χ0) is 22.2. The summed E-state index contributed by atoms with van der Waals surface area (Å²) in [6.45, 7) is 3.06. The van der Waals surface area contributed by atoms with Crippen LogP contribution in [-0.4, -0.2) is 46.8 Å². The molecule has 0 bridgehead atoms. The highest BCUT2D eigenvalue weighted by molar-refractivity contribution is 5.55. The van der Waals surface area contributed by atoms with E-state index < -0.39 is 0 Å². The number of rotatable bonds is 9. The Morgan fingerprint density at radius 3 is 2.44 bits per heavy atom. The lowest BCUT2D eigenvalue weighted by atomic mass is 9.76. The lowest BCUT2D eigenvalue weighted by Gasteiger charge is -2.42. The average molecular weight is 432 g/mol. The van der Waals surface area contributed by atoms with Crippen molar-refractivity contribution < 1.29 is 9.84 Å². The van der Waals surface area contributed by atoms with Gasteiger partial charge in [0, 0.05) is 48.6 Å². The fourth-order valence-corrected chi connectivity index (χ4v) is 4.75. The lowest BCUT2D eigenvalue weighted by molar-refractivity contribution is 0.0207. The second-order valence-corrected chi connectivity index (χ2v) is 8.95. The number of piperidine rings is 1. The van der Waals surface area contributed by atoms with Crippen LogP contribution in [0.2, 0.25) is 0 Å². The molecule has 5 nitrogen and oxygen atoms in total. The Bertz CT molecular complexity index is 960. The molecule has 5 heteroatoms. The van der Waals surface area contributed by atoms with Gasteiger partial charge in [-0.3, -0.25) is 4.90 Å². The maximum atomic E-state index is 10.3. The van der Waals surface area contributed by atoms with Gasteiger partial charge in [-0.2, -0.15) is 0 Å². The number of aliphatic hydroxyl groups excluding tert-OH is 1. The normalized spacial score (nSPS) is 19.1. The van der Waals surface area contributed by atoms with Crippen LogP contribution in [0.4, 0.5) is 0 Å². The highest BCUT2D eigenvalue weighted by atomic mass is 16.5. The smallest absolute Gasteiger partial charge is 0.159 e. The summed E-state index contributed by atoms with van der Waals surface area (Å²) in [7, 11) is 1.66. The summed E-state index contributed by atoms with van der Waals surface area (Å²) in [5.74, 6) is 1.55. The number of ether oxygens (including phenoxy) is 1. The van der Waals surface area contributed by atoms with E-state index in [2.05, 4.69) is 45.2 Å². The van der Waals surface area contributed by atoms with E-state index in [9.17, 15) is 5.11 Å². The van der Waals surface area contributed by atoms with Gasteiger partial charge in [0.2, 0.25) is 0 Å². The Morgan fingerprint density at radius 1 is 1.00 bits per heavy atom. The van der Waals surface area contributed by atoms with Gasteiger partial charge in [-0.25, -0.2) is 9.97 Å². The van der Waals surface area contributed by atoms with Crippen molar-refractivity contribution in [2.24, 2.45) is 5.41 Å². The summed E-state index contributed by atoms with van der Waals surface area (Å²) >= 11 is 0. The van der Waals surface area contributed by atoms with Crippen LogP contribution < -0.4 is 4.74 Å². The zero-order valence-electron chi connectivity index (χ0n) is 18.9. The number of hydrogen-bond donors (Lipinski definition) is 1. The molecule has 1 aliphatic heterocycles. The molecule has 0 saturated carbocycles. The summed E-state index contributed by atoms with van der Waals surface area (Å²) < 4.78 is 5.22. The molecular weight excluding hydrogens is 398 g/mol. The predicted molar refractivity (Wildman–Crippen MR) is 127 cm³/mol. The van der Waals surface area contributed by atoms with Crippen molar-refractivity contribution >= 4 is 0 Å². The third-order valence-corrected chi connectivity index (χ3v) is 6.55. The first-order chi connectivity index (χ1) is 15.7. The van der Waals surface area contributed by atoms with Gasteiger partial charge in [0.15, 0.2) is 5.82 Å².